The van der Waals surface area contributed by atoms with Crippen LogP contribution >= 0.6 is 11.6 Å². The lowest BCUT2D eigenvalue weighted by molar-refractivity contribution is -0.184. The first kappa shape index (κ1) is 18.7. The normalized spacial score (nSPS) is 31.2. The summed E-state index contributed by atoms with van der Waals surface area (Å²) in [7, 11) is 0. The Kier molecular flexibility index (Phi) is 4.12. The van der Waals surface area contributed by atoms with Gasteiger partial charge in [-0.3, -0.25) is 14.4 Å². The Morgan fingerprint density at radius 3 is 2.64 bits per heavy atom. The minimum absolute atomic E-state index is 0.117. The van der Waals surface area contributed by atoms with Gasteiger partial charge in [-0.1, -0.05) is 17.7 Å². The number of hydrogen-bond donors (Lipinski definition) is 0. The third kappa shape index (κ3) is 2.22. The van der Waals surface area contributed by atoms with Gasteiger partial charge in [0.1, 0.15) is 11.5 Å². The zero-order valence-electron chi connectivity index (χ0n) is 15.5. The summed E-state index contributed by atoms with van der Waals surface area (Å²) in [6.45, 7) is 4.90. The molecule has 0 saturated carbocycles. The molecule has 2 bridgehead atoms. The summed E-state index contributed by atoms with van der Waals surface area (Å²) in [5.74, 6) is -4.29. The summed E-state index contributed by atoms with van der Waals surface area (Å²) in [5, 5.41) is 0.371. The number of halogens is 1. The molecule has 4 atom stereocenters. The fraction of sp³-hybridized carbons (Fsp3) is 0.400. The highest BCUT2D eigenvalue weighted by molar-refractivity contribution is 6.31. The van der Waals surface area contributed by atoms with Gasteiger partial charge >= 0.3 is 11.9 Å². The highest BCUT2D eigenvalue weighted by atomic mass is 35.5. The Labute approximate surface area is 166 Å². The van der Waals surface area contributed by atoms with Crippen molar-refractivity contribution in [1.29, 1.82) is 0 Å². The van der Waals surface area contributed by atoms with Gasteiger partial charge in [0.15, 0.2) is 0 Å². The molecule has 7 nitrogen and oxygen atoms in total. The van der Waals surface area contributed by atoms with Crippen LogP contribution in [-0.2, 0) is 28.7 Å². The minimum Gasteiger partial charge on any atom is -0.463 e. The van der Waals surface area contributed by atoms with E-state index >= 15 is 0 Å². The van der Waals surface area contributed by atoms with Crippen molar-refractivity contribution >= 4 is 41.0 Å². The Hall–Kier alpha value is -2.67. The van der Waals surface area contributed by atoms with Crippen LogP contribution in [0.25, 0.3) is 0 Å². The van der Waals surface area contributed by atoms with E-state index in [2.05, 4.69) is 0 Å². The number of amides is 2. The number of ether oxygens (including phenoxy) is 2. The van der Waals surface area contributed by atoms with Gasteiger partial charge in [0, 0.05) is 5.02 Å². The molecule has 1 aromatic rings. The second kappa shape index (κ2) is 6.17. The molecule has 0 aromatic heterocycles. The number of carbonyl (C=O) groups is 4. The Balaban J connectivity index is 1.86. The summed E-state index contributed by atoms with van der Waals surface area (Å²) in [6.07, 6.45) is -0.973. The maximum Gasteiger partial charge on any atom is 0.335 e. The molecule has 8 heteroatoms. The van der Waals surface area contributed by atoms with Crippen molar-refractivity contribution in [3.63, 3.8) is 0 Å². The number of anilines is 1. The predicted octanol–water partition coefficient (Wildman–Crippen LogP) is 2.27. The second-order valence-corrected chi connectivity index (χ2v) is 7.74. The fourth-order valence-corrected chi connectivity index (χ4v) is 4.84. The fourth-order valence-electron chi connectivity index (χ4n) is 4.65. The average Bonchev–Trinajstić information content (AvgIpc) is 2.89. The van der Waals surface area contributed by atoms with Gasteiger partial charge in [-0.2, -0.15) is 0 Å². The molecular weight excluding hydrogens is 386 g/mol. The number of esters is 2. The molecule has 146 valence electrons. The molecule has 2 fully saturated rings. The minimum atomic E-state index is -1.59. The lowest BCUT2D eigenvalue weighted by atomic mass is 9.57. The van der Waals surface area contributed by atoms with Gasteiger partial charge in [-0.15, -0.1) is 0 Å². The van der Waals surface area contributed by atoms with Crippen LogP contribution in [0.4, 0.5) is 5.69 Å². The highest BCUT2D eigenvalue weighted by Gasteiger charge is 2.71. The molecule has 2 amide bonds. The zero-order chi connectivity index (χ0) is 20.4. The van der Waals surface area contributed by atoms with E-state index in [0.29, 0.717) is 16.3 Å². The highest BCUT2D eigenvalue weighted by Crippen LogP contribution is 2.58. The summed E-state index contributed by atoms with van der Waals surface area (Å²) < 4.78 is 10.6. The first-order valence-electron chi connectivity index (χ1n) is 8.96. The van der Waals surface area contributed by atoms with Crippen LogP contribution in [0.15, 0.2) is 35.4 Å². The number of fused-ring (bicyclic) bond motifs is 1. The van der Waals surface area contributed by atoms with E-state index < -0.39 is 47.1 Å². The van der Waals surface area contributed by atoms with Crippen molar-refractivity contribution in [3.8, 4) is 0 Å². The van der Waals surface area contributed by atoms with Gasteiger partial charge in [0.05, 0.1) is 29.7 Å². The molecule has 3 heterocycles. The summed E-state index contributed by atoms with van der Waals surface area (Å²) in [4.78, 5) is 52.9. The number of carbonyl (C=O) groups excluding carboxylic acids is 4. The molecule has 28 heavy (non-hydrogen) atoms. The smallest absolute Gasteiger partial charge is 0.335 e. The van der Waals surface area contributed by atoms with E-state index in [9.17, 15) is 19.2 Å². The molecule has 0 N–H and O–H groups in total. The lowest BCUT2D eigenvalue weighted by Crippen LogP contribution is -2.60. The van der Waals surface area contributed by atoms with Crippen LogP contribution in [0.5, 0.6) is 0 Å². The number of hydrogen-bond acceptors (Lipinski definition) is 6. The summed E-state index contributed by atoms with van der Waals surface area (Å²) >= 11 is 6.02. The van der Waals surface area contributed by atoms with E-state index in [-0.39, 0.29) is 12.2 Å². The SMILES string of the molecule is CCOC(=O)C1=C(C)[C@H]2OC(=O)[C@@]1(C)[C@H]1C(=O)N(c3cccc(Cl)c3)C(=O)[C@H]21. The van der Waals surface area contributed by atoms with Crippen molar-refractivity contribution in [1.82, 2.24) is 0 Å². The first-order valence-corrected chi connectivity index (χ1v) is 9.34. The Bertz CT molecular complexity index is 969. The average molecular weight is 404 g/mol. The van der Waals surface area contributed by atoms with Crippen LogP contribution < -0.4 is 4.90 Å². The summed E-state index contributed by atoms with van der Waals surface area (Å²) in [5.41, 5.74) is -0.694. The second-order valence-electron chi connectivity index (χ2n) is 7.30. The van der Waals surface area contributed by atoms with Crippen molar-refractivity contribution in [3.05, 3.63) is 40.4 Å². The molecular formula is C20H18ClNO6. The first-order chi connectivity index (χ1) is 13.2. The third-order valence-corrected chi connectivity index (χ3v) is 6.08. The molecule has 2 saturated heterocycles. The quantitative estimate of drug-likeness (QED) is 0.568. The van der Waals surface area contributed by atoms with Gasteiger partial charge < -0.3 is 9.47 Å². The number of rotatable bonds is 3. The molecule has 1 aliphatic carbocycles. The molecule has 1 aromatic carbocycles. The van der Waals surface area contributed by atoms with Gasteiger partial charge in [-0.25, -0.2) is 9.69 Å². The van der Waals surface area contributed by atoms with Crippen LogP contribution in [0, 0.1) is 17.3 Å². The monoisotopic (exact) mass is 403 g/mol. The van der Waals surface area contributed by atoms with E-state index in [0.717, 1.165) is 4.90 Å². The summed E-state index contributed by atoms with van der Waals surface area (Å²) in [6, 6.07) is 6.36. The van der Waals surface area contributed by atoms with E-state index in [1.54, 1.807) is 32.0 Å². The van der Waals surface area contributed by atoms with Gasteiger partial charge in [0.2, 0.25) is 11.8 Å². The van der Waals surface area contributed by atoms with E-state index in [4.69, 9.17) is 21.1 Å². The number of imide groups is 1. The van der Waals surface area contributed by atoms with Crippen LogP contribution in [0.1, 0.15) is 20.8 Å². The lowest BCUT2D eigenvalue weighted by Gasteiger charge is -2.48. The van der Waals surface area contributed by atoms with Crippen molar-refractivity contribution in [2.24, 2.45) is 17.3 Å². The van der Waals surface area contributed by atoms with Crippen molar-refractivity contribution < 1.29 is 28.7 Å². The topological polar surface area (TPSA) is 90.0 Å². The van der Waals surface area contributed by atoms with Crippen LogP contribution in [0.2, 0.25) is 5.02 Å². The molecule has 4 aliphatic rings. The molecule has 0 radical (unpaired) electrons. The van der Waals surface area contributed by atoms with Gasteiger partial charge in [-0.05, 0) is 44.5 Å². The molecule has 5 rings (SSSR count). The van der Waals surface area contributed by atoms with Gasteiger partial charge in [0.25, 0.3) is 0 Å². The van der Waals surface area contributed by atoms with Crippen molar-refractivity contribution in [2.75, 3.05) is 11.5 Å². The molecule has 0 spiro atoms. The Morgan fingerprint density at radius 2 is 2.00 bits per heavy atom. The Morgan fingerprint density at radius 1 is 1.29 bits per heavy atom. The molecule has 3 aliphatic heterocycles. The third-order valence-electron chi connectivity index (χ3n) is 5.84. The zero-order valence-corrected chi connectivity index (χ0v) is 16.3. The largest absolute Gasteiger partial charge is 0.463 e. The predicted molar refractivity (Wildman–Crippen MR) is 98.2 cm³/mol. The standard InChI is InChI=1S/C20H18ClNO6/c1-4-27-18(25)13-9(2)15-12-14(20(13,3)19(26)28-15)17(24)22(16(12)23)11-7-5-6-10(21)8-11/h5-8,12,14-15H,4H2,1-3H3/t12-,14+,15+,20+/m0/s1. The molecule has 0 unspecified atom stereocenters. The van der Waals surface area contributed by atoms with Crippen molar-refractivity contribution in [2.45, 2.75) is 26.9 Å². The van der Waals surface area contributed by atoms with E-state index in [1.165, 1.54) is 13.0 Å². The van der Waals surface area contributed by atoms with Crippen LogP contribution in [0.3, 0.4) is 0 Å². The maximum atomic E-state index is 13.3. The number of benzene rings is 1. The van der Waals surface area contributed by atoms with E-state index in [1.807, 2.05) is 0 Å². The van der Waals surface area contributed by atoms with Crippen LogP contribution in [-0.4, -0.2) is 36.5 Å². The number of nitrogens with zero attached hydrogens (tertiary/aromatic N) is 1. The maximum absolute atomic E-state index is 13.3.